The van der Waals surface area contributed by atoms with Crippen molar-refractivity contribution in [2.24, 2.45) is 0 Å². The Morgan fingerprint density at radius 2 is 2.04 bits per heavy atom. The normalized spacial score (nSPS) is 11.5. The molecule has 9 heteroatoms. The molecule has 0 amide bonds. The maximum absolute atomic E-state index is 12.3. The maximum Gasteiger partial charge on any atom is 0.338 e. The molecule has 1 aromatic carbocycles. The van der Waals surface area contributed by atoms with E-state index in [2.05, 4.69) is 14.7 Å². The minimum Gasteiger partial charge on any atom is -0.456 e. The average molecular weight is 418 g/mol. The van der Waals surface area contributed by atoms with E-state index in [0.29, 0.717) is 5.69 Å². The van der Waals surface area contributed by atoms with Gasteiger partial charge in [0.15, 0.2) is 0 Å². The third-order valence-corrected chi connectivity index (χ3v) is 6.13. The van der Waals surface area contributed by atoms with E-state index in [1.807, 2.05) is 18.2 Å². The van der Waals surface area contributed by atoms with Gasteiger partial charge in [0.2, 0.25) is 10.0 Å². The van der Waals surface area contributed by atoms with Crippen molar-refractivity contribution in [3.8, 4) is 10.7 Å². The summed E-state index contributed by atoms with van der Waals surface area (Å²) >= 11 is 1.41. The Bertz CT molecular complexity index is 1060. The molecule has 0 bridgehead atoms. The predicted octanol–water partition coefficient (Wildman–Crippen LogP) is 3.25. The van der Waals surface area contributed by atoms with Gasteiger partial charge < -0.3 is 4.74 Å². The Labute approximate surface area is 167 Å². The fraction of sp³-hybridized carbons (Fsp3) is 0.211. The molecule has 146 valence electrons. The number of ether oxygens (including phenoxy) is 1. The fourth-order valence-electron chi connectivity index (χ4n) is 2.37. The molecule has 0 spiro atoms. The largest absolute Gasteiger partial charge is 0.456 e. The van der Waals surface area contributed by atoms with Crippen LogP contribution >= 0.6 is 11.3 Å². The number of nitrogens with zero attached hydrogens (tertiary/aromatic N) is 2. The van der Waals surface area contributed by atoms with E-state index >= 15 is 0 Å². The molecule has 3 aromatic rings. The van der Waals surface area contributed by atoms with Crippen LogP contribution < -0.4 is 4.72 Å². The number of benzene rings is 1. The summed E-state index contributed by atoms with van der Waals surface area (Å²) in [5, 5.41) is 2.53. The van der Waals surface area contributed by atoms with Crippen LogP contribution in [0.5, 0.6) is 0 Å². The third-order valence-electron chi connectivity index (χ3n) is 3.56. The van der Waals surface area contributed by atoms with Crippen molar-refractivity contribution in [2.45, 2.75) is 31.4 Å². The van der Waals surface area contributed by atoms with E-state index in [9.17, 15) is 13.2 Å². The van der Waals surface area contributed by atoms with Gasteiger partial charge in [0.05, 0.1) is 21.8 Å². The molecule has 1 N–H and O–H groups in total. The SMILES string of the molecule is CC(C)NS(=O)(=O)c1cccc(C(=O)OCc2csc(-c3ccccn3)n2)c1. The van der Waals surface area contributed by atoms with E-state index in [0.717, 1.165) is 10.7 Å². The highest BCUT2D eigenvalue weighted by Crippen LogP contribution is 2.22. The van der Waals surface area contributed by atoms with Gasteiger partial charge in [0.25, 0.3) is 0 Å². The van der Waals surface area contributed by atoms with E-state index in [-0.39, 0.29) is 23.1 Å². The smallest absolute Gasteiger partial charge is 0.338 e. The van der Waals surface area contributed by atoms with Crippen molar-refractivity contribution in [3.05, 3.63) is 65.3 Å². The number of sulfonamides is 1. The summed E-state index contributed by atoms with van der Waals surface area (Å²) in [6.07, 6.45) is 1.69. The topological polar surface area (TPSA) is 98.2 Å². The Morgan fingerprint density at radius 1 is 1.21 bits per heavy atom. The average Bonchev–Trinajstić information content (AvgIpc) is 3.15. The summed E-state index contributed by atoms with van der Waals surface area (Å²) in [6, 6.07) is 11.0. The van der Waals surface area contributed by atoms with Crippen LogP contribution in [-0.2, 0) is 21.4 Å². The van der Waals surface area contributed by atoms with Crippen LogP contribution in [0, 0.1) is 0 Å². The van der Waals surface area contributed by atoms with Crippen LogP contribution in [0.4, 0.5) is 0 Å². The summed E-state index contributed by atoms with van der Waals surface area (Å²) in [5.74, 6) is -0.617. The first-order valence-electron chi connectivity index (χ1n) is 8.50. The van der Waals surface area contributed by atoms with Crippen molar-refractivity contribution in [2.75, 3.05) is 0 Å². The quantitative estimate of drug-likeness (QED) is 0.593. The molecule has 0 aliphatic rings. The van der Waals surface area contributed by atoms with Gasteiger partial charge in [0, 0.05) is 17.6 Å². The molecule has 2 aromatic heterocycles. The lowest BCUT2D eigenvalue weighted by Gasteiger charge is -2.10. The van der Waals surface area contributed by atoms with Crippen LogP contribution in [0.1, 0.15) is 29.9 Å². The van der Waals surface area contributed by atoms with Crippen molar-refractivity contribution in [3.63, 3.8) is 0 Å². The number of hydrogen-bond acceptors (Lipinski definition) is 7. The summed E-state index contributed by atoms with van der Waals surface area (Å²) in [7, 11) is -3.69. The molecule has 7 nitrogen and oxygen atoms in total. The Balaban J connectivity index is 1.67. The molecule has 0 atom stereocenters. The Kier molecular flexibility index (Phi) is 6.18. The molecule has 28 heavy (non-hydrogen) atoms. The first-order valence-corrected chi connectivity index (χ1v) is 10.9. The van der Waals surface area contributed by atoms with E-state index in [1.165, 1.54) is 35.6 Å². The Morgan fingerprint density at radius 3 is 2.75 bits per heavy atom. The fourth-order valence-corrected chi connectivity index (χ4v) is 4.45. The first kappa shape index (κ1) is 20.1. The highest BCUT2D eigenvalue weighted by Gasteiger charge is 2.18. The van der Waals surface area contributed by atoms with Gasteiger partial charge >= 0.3 is 5.97 Å². The number of esters is 1. The zero-order valence-electron chi connectivity index (χ0n) is 15.3. The second-order valence-corrected chi connectivity index (χ2v) is 8.81. The van der Waals surface area contributed by atoms with E-state index < -0.39 is 16.0 Å². The number of rotatable bonds is 7. The number of carbonyl (C=O) groups is 1. The maximum atomic E-state index is 12.3. The molecular weight excluding hydrogens is 398 g/mol. The van der Waals surface area contributed by atoms with Gasteiger partial charge in [-0.25, -0.2) is 22.9 Å². The summed E-state index contributed by atoms with van der Waals surface area (Å²) in [6.45, 7) is 3.44. The first-order chi connectivity index (χ1) is 13.3. The molecule has 0 saturated heterocycles. The van der Waals surface area contributed by atoms with Crippen molar-refractivity contribution in [1.29, 1.82) is 0 Å². The van der Waals surface area contributed by atoms with Crippen LogP contribution in [0.15, 0.2) is 58.9 Å². The Hall–Kier alpha value is -2.62. The van der Waals surface area contributed by atoms with Crippen molar-refractivity contribution in [1.82, 2.24) is 14.7 Å². The lowest BCUT2D eigenvalue weighted by atomic mass is 10.2. The predicted molar refractivity (Wildman–Crippen MR) is 106 cm³/mol. The molecule has 3 rings (SSSR count). The van der Waals surface area contributed by atoms with Gasteiger partial charge in [0.1, 0.15) is 11.6 Å². The minimum atomic E-state index is -3.69. The number of thiazole rings is 1. The lowest BCUT2D eigenvalue weighted by molar-refractivity contribution is 0.0468. The molecule has 0 unspecified atom stereocenters. The van der Waals surface area contributed by atoms with Crippen LogP contribution in [0.3, 0.4) is 0 Å². The van der Waals surface area contributed by atoms with Crippen LogP contribution in [0.2, 0.25) is 0 Å². The third kappa shape index (κ3) is 5.00. The van der Waals surface area contributed by atoms with Crippen LogP contribution in [-0.4, -0.2) is 30.4 Å². The molecule has 0 saturated carbocycles. The number of pyridine rings is 1. The number of carbonyl (C=O) groups excluding carboxylic acids is 1. The zero-order valence-corrected chi connectivity index (χ0v) is 17.0. The number of hydrogen-bond donors (Lipinski definition) is 1. The molecule has 0 aliphatic carbocycles. The minimum absolute atomic E-state index is 0.0105. The van der Waals surface area contributed by atoms with Crippen molar-refractivity contribution < 1.29 is 17.9 Å². The van der Waals surface area contributed by atoms with Gasteiger partial charge in [-0.1, -0.05) is 12.1 Å². The standard InChI is InChI=1S/C19H19N3O4S2/c1-13(2)22-28(24,25)16-7-5-6-14(10-16)19(23)26-11-15-12-27-18(21-15)17-8-3-4-9-20-17/h3-10,12-13,22H,11H2,1-2H3. The summed E-state index contributed by atoms with van der Waals surface area (Å²) < 4.78 is 32.3. The number of nitrogens with one attached hydrogen (secondary N) is 1. The summed E-state index contributed by atoms with van der Waals surface area (Å²) in [5.41, 5.74) is 1.51. The second kappa shape index (κ2) is 8.59. The molecule has 0 radical (unpaired) electrons. The molecule has 0 aliphatic heterocycles. The molecular formula is C19H19N3O4S2. The zero-order chi connectivity index (χ0) is 20.1. The molecule has 0 fully saturated rings. The molecule has 2 heterocycles. The highest BCUT2D eigenvalue weighted by molar-refractivity contribution is 7.89. The lowest BCUT2D eigenvalue weighted by Crippen LogP contribution is -2.30. The van der Waals surface area contributed by atoms with Gasteiger partial charge in [-0.05, 0) is 44.2 Å². The highest BCUT2D eigenvalue weighted by atomic mass is 32.2. The van der Waals surface area contributed by atoms with E-state index in [4.69, 9.17) is 4.74 Å². The van der Waals surface area contributed by atoms with E-state index in [1.54, 1.807) is 25.4 Å². The van der Waals surface area contributed by atoms with Gasteiger partial charge in [-0.2, -0.15) is 0 Å². The van der Waals surface area contributed by atoms with Crippen LogP contribution in [0.25, 0.3) is 10.7 Å². The number of aromatic nitrogens is 2. The second-order valence-electron chi connectivity index (χ2n) is 6.24. The summed E-state index contributed by atoms with van der Waals surface area (Å²) in [4.78, 5) is 21.0. The van der Waals surface area contributed by atoms with Gasteiger partial charge in [-0.15, -0.1) is 11.3 Å². The van der Waals surface area contributed by atoms with Gasteiger partial charge in [-0.3, -0.25) is 4.98 Å². The van der Waals surface area contributed by atoms with Crippen molar-refractivity contribution >= 4 is 27.3 Å². The monoisotopic (exact) mass is 417 g/mol.